The third-order valence-electron chi connectivity index (χ3n) is 1.59. The van der Waals surface area contributed by atoms with Gasteiger partial charge in [0.2, 0.25) is 0 Å². The Morgan fingerprint density at radius 1 is 1.38 bits per heavy atom. The molecule has 1 atom stereocenters. The fourth-order valence-electron chi connectivity index (χ4n) is 0.807. The lowest BCUT2D eigenvalue weighted by molar-refractivity contribution is 0.109. The Morgan fingerprint density at radius 3 is 2.54 bits per heavy atom. The van der Waals surface area contributed by atoms with Gasteiger partial charge < -0.3 is 9.84 Å². The minimum atomic E-state index is -0.565. The molecule has 0 unspecified atom stereocenters. The maximum atomic E-state index is 12.4. The van der Waals surface area contributed by atoms with Gasteiger partial charge in [-0.25, -0.2) is 4.39 Å². The van der Waals surface area contributed by atoms with E-state index in [9.17, 15) is 4.39 Å². The molecule has 2 nitrogen and oxygen atoms in total. The largest absolute Gasteiger partial charge is 0.491 e. The van der Waals surface area contributed by atoms with Gasteiger partial charge in [-0.05, 0) is 30.7 Å². The van der Waals surface area contributed by atoms with Crippen molar-refractivity contribution in [3.8, 4) is 5.75 Å². The van der Waals surface area contributed by atoms with Crippen LogP contribution in [0, 0.1) is 12.7 Å². The Balaban J connectivity index is 2.41. The molecule has 0 saturated carbocycles. The highest BCUT2D eigenvalue weighted by atomic mass is 19.1. The predicted molar refractivity (Wildman–Crippen MR) is 47.9 cm³/mol. The Hall–Kier alpha value is -1.09. The maximum absolute atomic E-state index is 12.4. The summed E-state index contributed by atoms with van der Waals surface area (Å²) in [5.74, 6) is 0.249. The highest BCUT2D eigenvalue weighted by Crippen LogP contribution is 2.11. The number of halogens is 1. The highest BCUT2D eigenvalue weighted by Gasteiger charge is 2.01. The summed E-state index contributed by atoms with van der Waals surface area (Å²) in [6, 6.07) is 5.66. The van der Waals surface area contributed by atoms with E-state index in [1.165, 1.54) is 24.3 Å². The second kappa shape index (κ2) is 4.82. The third kappa shape index (κ3) is 3.42. The molecule has 0 heterocycles. The van der Waals surface area contributed by atoms with Crippen molar-refractivity contribution >= 4 is 0 Å². The summed E-state index contributed by atoms with van der Waals surface area (Å²) in [5, 5.41) is 9.11. The van der Waals surface area contributed by atoms with Gasteiger partial charge in [0.25, 0.3) is 0 Å². The van der Waals surface area contributed by atoms with Crippen molar-refractivity contribution in [2.24, 2.45) is 0 Å². The topological polar surface area (TPSA) is 29.5 Å². The molecule has 1 N–H and O–H groups in total. The maximum Gasteiger partial charge on any atom is 0.123 e. The summed E-state index contributed by atoms with van der Waals surface area (Å²) in [6.45, 7) is 3.71. The molecule has 3 heteroatoms. The van der Waals surface area contributed by atoms with Gasteiger partial charge in [0, 0.05) is 0 Å². The lowest BCUT2D eigenvalue weighted by Crippen LogP contribution is -2.15. The Labute approximate surface area is 77.0 Å². The zero-order chi connectivity index (χ0) is 9.68. The van der Waals surface area contributed by atoms with Crippen LogP contribution in [0.3, 0.4) is 0 Å². The summed E-state index contributed by atoms with van der Waals surface area (Å²) >= 11 is 0. The van der Waals surface area contributed by atoms with Crippen LogP contribution in [0.1, 0.15) is 6.42 Å². The summed E-state index contributed by atoms with van der Waals surface area (Å²) in [6.07, 6.45) is -0.161. The van der Waals surface area contributed by atoms with Crippen LogP contribution < -0.4 is 4.74 Å². The van der Waals surface area contributed by atoms with E-state index >= 15 is 0 Å². The van der Waals surface area contributed by atoms with Gasteiger partial charge in [0.1, 0.15) is 18.2 Å². The van der Waals surface area contributed by atoms with Crippen molar-refractivity contribution in [2.45, 2.75) is 12.5 Å². The number of rotatable bonds is 4. The molecule has 1 aromatic carbocycles. The molecular weight excluding hydrogens is 171 g/mol. The molecule has 0 amide bonds. The zero-order valence-electron chi connectivity index (χ0n) is 7.24. The molecule has 0 aliphatic rings. The summed E-state index contributed by atoms with van der Waals surface area (Å²) in [5.41, 5.74) is 0. The minimum Gasteiger partial charge on any atom is -0.491 e. The van der Waals surface area contributed by atoms with E-state index < -0.39 is 6.10 Å². The summed E-state index contributed by atoms with van der Waals surface area (Å²) in [4.78, 5) is 0. The van der Waals surface area contributed by atoms with Crippen molar-refractivity contribution in [3.05, 3.63) is 37.0 Å². The number of aliphatic hydroxyl groups excluding tert-OH is 1. The van der Waals surface area contributed by atoms with Crippen LogP contribution in [-0.4, -0.2) is 17.8 Å². The average Bonchev–Trinajstić information content (AvgIpc) is 2.16. The van der Waals surface area contributed by atoms with Gasteiger partial charge in [-0.15, -0.1) is 0 Å². The molecule has 0 aromatic heterocycles. The van der Waals surface area contributed by atoms with E-state index in [0.29, 0.717) is 12.2 Å². The molecule has 0 aliphatic carbocycles. The molecular formula is C10H12FO2. The first-order valence-corrected chi connectivity index (χ1v) is 4.08. The SMILES string of the molecule is [CH2]C[C@H](O)COc1ccc(F)cc1. The monoisotopic (exact) mass is 183 g/mol. The van der Waals surface area contributed by atoms with E-state index in [1.807, 2.05) is 0 Å². The van der Waals surface area contributed by atoms with Gasteiger partial charge in [0.15, 0.2) is 0 Å². The van der Waals surface area contributed by atoms with Crippen LogP contribution in [-0.2, 0) is 0 Å². The van der Waals surface area contributed by atoms with Crippen LogP contribution in [0.15, 0.2) is 24.3 Å². The van der Waals surface area contributed by atoms with Gasteiger partial charge in [-0.3, -0.25) is 0 Å². The fraction of sp³-hybridized carbons (Fsp3) is 0.300. The number of benzene rings is 1. The second-order valence-corrected chi connectivity index (χ2v) is 2.71. The van der Waals surface area contributed by atoms with Crippen LogP contribution in [0.4, 0.5) is 4.39 Å². The van der Waals surface area contributed by atoms with Crippen molar-refractivity contribution in [3.63, 3.8) is 0 Å². The van der Waals surface area contributed by atoms with Gasteiger partial charge in [-0.2, -0.15) is 0 Å². The number of hydrogen-bond acceptors (Lipinski definition) is 2. The first kappa shape index (κ1) is 9.99. The average molecular weight is 183 g/mol. The smallest absolute Gasteiger partial charge is 0.123 e. The normalized spacial score (nSPS) is 12.5. The van der Waals surface area contributed by atoms with Crippen LogP contribution >= 0.6 is 0 Å². The molecule has 1 radical (unpaired) electrons. The number of aliphatic hydroxyl groups is 1. The molecule has 13 heavy (non-hydrogen) atoms. The number of ether oxygens (including phenoxy) is 1. The lowest BCUT2D eigenvalue weighted by atomic mass is 10.3. The molecule has 0 saturated heterocycles. The first-order valence-electron chi connectivity index (χ1n) is 4.08. The first-order chi connectivity index (χ1) is 6.22. The summed E-state index contributed by atoms with van der Waals surface area (Å²) < 4.78 is 17.6. The van der Waals surface area contributed by atoms with Gasteiger partial charge in [0.05, 0.1) is 6.10 Å². The Kier molecular flexibility index (Phi) is 3.71. The lowest BCUT2D eigenvalue weighted by Gasteiger charge is -2.09. The minimum absolute atomic E-state index is 0.190. The molecule has 0 aliphatic heterocycles. The zero-order valence-corrected chi connectivity index (χ0v) is 7.24. The third-order valence-corrected chi connectivity index (χ3v) is 1.59. The van der Waals surface area contributed by atoms with E-state index in [2.05, 4.69) is 6.92 Å². The standard InChI is InChI=1S/C10H12FO2/c1-2-9(12)7-13-10-5-3-8(11)4-6-10/h3-6,9,12H,1-2,7H2/t9-/m0/s1. The van der Waals surface area contributed by atoms with E-state index in [0.717, 1.165) is 0 Å². The molecule has 0 spiro atoms. The Bertz CT molecular complexity index is 246. The number of hydrogen-bond donors (Lipinski definition) is 1. The van der Waals surface area contributed by atoms with Crippen molar-refractivity contribution in [2.75, 3.05) is 6.61 Å². The van der Waals surface area contributed by atoms with Gasteiger partial charge in [-0.1, -0.05) is 6.92 Å². The van der Waals surface area contributed by atoms with Crippen LogP contribution in [0.5, 0.6) is 5.75 Å². The van der Waals surface area contributed by atoms with E-state index in [1.54, 1.807) is 0 Å². The molecule has 0 fully saturated rings. The van der Waals surface area contributed by atoms with Crippen LogP contribution in [0.25, 0.3) is 0 Å². The quantitative estimate of drug-likeness (QED) is 0.771. The fourth-order valence-corrected chi connectivity index (χ4v) is 0.807. The van der Waals surface area contributed by atoms with Crippen molar-refractivity contribution < 1.29 is 14.2 Å². The molecule has 1 aromatic rings. The molecule has 71 valence electrons. The molecule has 0 bridgehead atoms. The van der Waals surface area contributed by atoms with Gasteiger partial charge >= 0.3 is 0 Å². The summed E-state index contributed by atoms with van der Waals surface area (Å²) in [7, 11) is 0. The Morgan fingerprint density at radius 2 is 2.00 bits per heavy atom. The van der Waals surface area contributed by atoms with E-state index in [-0.39, 0.29) is 12.4 Å². The van der Waals surface area contributed by atoms with E-state index in [4.69, 9.17) is 9.84 Å². The van der Waals surface area contributed by atoms with Crippen LogP contribution in [0.2, 0.25) is 0 Å². The predicted octanol–water partition coefficient (Wildman–Crippen LogP) is 1.79. The highest BCUT2D eigenvalue weighted by molar-refractivity contribution is 5.21. The molecule has 1 rings (SSSR count). The second-order valence-electron chi connectivity index (χ2n) is 2.71. The van der Waals surface area contributed by atoms with Crippen molar-refractivity contribution in [1.29, 1.82) is 0 Å². The van der Waals surface area contributed by atoms with Crippen molar-refractivity contribution in [1.82, 2.24) is 0 Å².